The molecule has 1 rings (SSSR count). The van der Waals surface area contributed by atoms with Crippen molar-refractivity contribution in [1.29, 1.82) is 0 Å². The van der Waals surface area contributed by atoms with Crippen LogP contribution in [0.15, 0.2) is 29.8 Å². The van der Waals surface area contributed by atoms with E-state index < -0.39 is 12.6 Å². The molecule has 0 atom stereocenters. The van der Waals surface area contributed by atoms with Crippen LogP contribution in [0, 0.1) is 0 Å². The third-order valence-corrected chi connectivity index (χ3v) is 2.09. The van der Waals surface area contributed by atoms with Gasteiger partial charge in [0.05, 0.1) is 6.61 Å². The van der Waals surface area contributed by atoms with Crippen LogP contribution in [0.3, 0.4) is 0 Å². The number of rotatable bonds is 5. The van der Waals surface area contributed by atoms with Crippen LogP contribution in [-0.4, -0.2) is 19.2 Å². The Labute approximate surface area is 104 Å². The molecule has 0 aliphatic heterocycles. The number of hydrogen-bond acceptors (Lipinski definition) is 3. The highest BCUT2D eigenvalue weighted by Gasteiger charge is 2.05. The maximum atomic E-state index is 11.9. The highest BCUT2D eigenvalue weighted by molar-refractivity contribution is 5.92. The minimum atomic E-state index is -2.84. The predicted molar refractivity (Wildman–Crippen MR) is 63.4 cm³/mol. The fourth-order valence-corrected chi connectivity index (χ4v) is 1.30. The van der Waals surface area contributed by atoms with Gasteiger partial charge in [0.25, 0.3) is 0 Å². The summed E-state index contributed by atoms with van der Waals surface area (Å²) in [5.74, 6) is -0.318. The minimum absolute atomic E-state index is 0.0796. The first-order chi connectivity index (χ1) is 8.52. The lowest BCUT2D eigenvalue weighted by Gasteiger charge is -2.05. The van der Waals surface area contributed by atoms with E-state index in [0.717, 1.165) is 0 Å². The van der Waals surface area contributed by atoms with Crippen molar-refractivity contribution in [2.45, 2.75) is 20.5 Å². The first-order valence-electron chi connectivity index (χ1n) is 5.43. The zero-order chi connectivity index (χ0) is 13.5. The van der Waals surface area contributed by atoms with Gasteiger partial charge in [0.2, 0.25) is 0 Å². The van der Waals surface area contributed by atoms with Crippen molar-refractivity contribution < 1.29 is 23.0 Å². The standard InChI is InChI=1S/C13H14F2O3/c1-3-17-12(16)9(2)8-10-4-6-11(7-5-10)18-13(14)15/h4-8,13H,3H2,1-2H3/b9-8+. The van der Waals surface area contributed by atoms with E-state index in [4.69, 9.17) is 4.74 Å². The first kappa shape index (κ1) is 14.2. The summed E-state index contributed by atoms with van der Waals surface area (Å²) < 4.78 is 32.9. The van der Waals surface area contributed by atoms with Crippen LogP contribution in [0.4, 0.5) is 8.78 Å². The van der Waals surface area contributed by atoms with Gasteiger partial charge in [-0.1, -0.05) is 12.1 Å². The molecular formula is C13H14F2O3. The van der Waals surface area contributed by atoms with Crippen molar-refractivity contribution >= 4 is 12.0 Å². The second-order valence-corrected chi connectivity index (χ2v) is 3.50. The second-order valence-electron chi connectivity index (χ2n) is 3.50. The Morgan fingerprint density at radius 1 is 1.33 bits per heavy atom. The van der Waals surface area contributed by atoms with Crippen molar-refractivity contribution in [3.63, 3.8) is 0 Å². The monoisotopic (exact) mass is 256 g/mol. The van der Waals surface area contributed by atoms with Gasteiger partial charge >= 0.3 is 12.6 Å². The summed E-state index contributed by atoms with van der Waals surface area (Å²) in [6.07, 6.45) is 1.62. The predicted octanol–water partition coefficient (Wildman–Crippen LogP) is 3.25. The van der Waals surface area contributed by atoms with Crippen molar-refractivity contribution in [3.8, 4) is 5.75 Å². The van der Waals surface area contributed by atoms with E-state index >= 15 is 0 Å². The normalized spacial score (nSPS) is 11.5. The molecule has 5 heteroatoms. The van der Waals surface area contributed by atoms with Crippen LogP contribution in [-0.2, 0) is 9.53 Å². The number of halogens is 2. The Morgan fingerprint density at radius 2 is 1.94 bits per heavy atom. The highest BCUT2D eigenvalue weighted by atomic mass is 19.3. The number of esters is 1. The molecule has 18 heavy (non-hydrogen) atoms. The largest absolute Gasteiger partial charge is 0.463 e. The van der Waals surface area contributed by atoms with Crippen LogP contribution in [0.25, 0.3) is 6.08 Å². The number of hydrogen-bond donors (Lipinski definition) is 0. The van der Waals surface area contributed by atoms with Crippen LogP contribution in [0.2, 0.25) is 0 Å². The fourth-order valence-electron chi connectivity index (χ4n) is 1.30. The molecular weight excluding hydrogens is 242 g/mol. The Morgan fingerprint density at radius 3 is 2.44 bits per heavy atom. The van der Waals surface area contributed by atoms with E-state index in [0.29, 0.717) is 17.7 Å². The molecule has 0 unspecified atom stereocenters. The van der Waals surface area contributed by atoms with E-state index in [9.17, 15) is 13.6 Å². The molecule has 0 saturated carbocycles. The van der Waals surface area contributed by atoms with Gasteiger partial charge in [0.15, 0.2) is 0 Å². The summed E-state index contributed by atoms with van der Waals surface area (Å²) in [5.41, 5.74) is 1.15. The molecule has 1 aromatic rings. The molecule has 0 aliphatic carbocycles. The van der Waals surface area contributed by atoms with Gasteiger partial charge in [0, 0.05) is 5.57 Å². The van der Waals surface area contributed by atoms with E-state index in [1.54, 1.807) is 32.1 Å². The van der Waals surface area contributed by atoms with Gasteiger partial charge in [-0.05, 0) is 37.6 Å². The number of ether oxygens (including phenoxy) is 2. The molecule has 1 aromatic carbocycles. The van der Waals surface area contributed by atoms with Gasteiger partial charge in [-0.2, -0.15) is 8.78 Å². The van der Waals surface area contributed by atoms with Gasteiger partial charge in [-0.25, -0.2) is 4.79 Å². The summed E-state index contributed by atoms with van der Waals surface area (Å²) in [4.78, 5) is 11.3. The minimum Gasteiger partial charge on any atom is -0.463 e. The zero-order valence-electron chi connectivity index (χ0n) is 10.2. The molecule has 0 aliphatic rings. The second kappa shape index (κ2) is 6.74. The molecule has 98 valence electrons. The highest BCUT2D eigenvalue weighted by Crippen LogP contribution is 2.16. The van der Waals surface area contributed by atoms with E-state index in [-0.39, 0.29) is 5.75 Å². The summed E-state index contributed by atoms with van der Waals surface area (Å²) in [5, 5.41) is 0. The van der Waals surface area contributed by atoms with Crippen molar-refractivity contribution in [1.82, 2.24) is 0 Å². The van der Waals surface area contributed by atoms with Crippen LogP contribution in [0.5, 0.6) is 5.75 Å². The van der Waals surface area contributed by atoms with Gasteiger partial charge < -0.3 is 9.47 Å². The number of carbonyl (C=O) groups is 1. The van der Waals surface area contributed by atoms with Crippen LogP contribution >= 0.6 is 0 Å². The molecule has 0 heterocycles. The molecule has 0 saturated heterocycles. The van der Waals surface area contributed by atoms with E-state index in [1.165, 1.54) is 12.1 Å². The maximum absolute atomic E-state index is 11.9. The fraction of sp³-hybridized carbons (Fsp3) is 0.308. The van der Waals surface area contributed by atoms with E-state index in [2.05, 4.69) is 4.74 Å². The smallest absolute Gasteiger partial charge is 0.387 e. The van der Waals surface area contributed by atoms with Crippen molar-refractivity contribution in [2.75, 3.05) is 6.61 Å². The van der Waals surface area contributed by atoms with Crippen molar-refractivity contribution in [3.05, 3.63) is 35.4 Å². The number of benzene rings is 1. The SMILES string of the molecule is CCOC(=O)/C(C)=C/c1ccc(OC(F)F)cc1. The zero-order valence-corrected chi connectivity index (χ0v) is 10.2. The maximum Gasteiger partial charge on any atom is 0.387 e. The third kappa shape index (κ3) is 4.53. The lowest BCUT2D eigenvalue weighted by Crippen LogP contribution is -2.04. The molecule has 0 amide bonds. The van der Waals surface area contributed by atoms with Crippen LogP contribution < -0.4 is 4.74 Å². The molecule has 0 spiro atoms. The Hall–Kier alpha value is -1.91. The summed E-state index contributed by atoms with van der Waals surface area (Å²) in [6.45, 7) is 0.821. The number of alkyl halides is 2. The van der Waals surface area contributed by atoms with Crippen LogP contribution in [0.1, 0.15) is 19.4 Å². The molecule has 0 fully saturated rings. The Kier molecular flexibility index (Phi) is 5.30. The topological polar surface area (TPSA) is 35.5 Å². The molecule has 0 bridgehead atoms. The summed E-state index contributed by atoms with van der Waals surface area (Å²) in [6, 6.07) is 5.99. The third-order valence-electron chi connectivity index (χ3n) is 2.09. The van der Waals surface area contributed by atoms with Gasteiger partial charge in [-0.15, -0.1) is 0 Å². The van der Waals surface area contributed by atoms with Crippen molar-refractivity contribution in [2.24, 2.45) is 0 Å². The summed E-state index contributed by atoms with van der Waals surface area (Å²) >= 11 is 0. The molecule has 3 nitrogen and oxygen atoms in total. The Balaban J connectivity index is 2.73. The average molecular weight is 256 g/mol. The lowest BCUT2D eigenvalue weighted by atomic mass is 10.1. The van der Waals surface area contributed by atoms with E-state index in [1.807, 2.05) is 0 Å². The first-order valence-corrected chi connectivity index (χ1v) is 5.43. The average Bonchev–Trinajstić information content (AvgIpc) is 2.31. The molecule has 0 aromatic heterocycles. The number of carbonyl (C=O) groups excluding carboxylic acids is 1. The molecule has 0 N–H and O–H groups in total. The van der Waals surface area contributed by atoms with Gasteiger partial charge in [0.1, 0.15) is 5.75 Å². The lowest BCUT2D eigenvalue weighted by molar-refractivity contribution is -0.138. The molecule has 0 radical (unpaired) electrons. The quantitative estimate of drug-likeness (QED) is 0.599. The Bertz CT molecular complexity index is 424. The van der Waals surface area contributed by atoms with Gasteiger partial charge in [-0.3, -0.25) is 0 Å². The summed E-state index contributed by atoms with van der Waals surface area (Å²) in [7, 11) is 0.